The Morgan fingerprint density at radius 1 is 1.00 bits per heavy atom. The van der Waals surface area contributed by atoms with Crippen molar-refractivity contribution >= 4 is 0 Å². The molecule has 0 aromatic carbocycles. The van der Waals surface area contributed by atoms with E-state index in [-0.39, 0.29) is 5.79 Å². The van der Waals surface area contributed by atoms with E-state index in [9.17, 15) is 0 Å². The maximum atomic E-state index is 5.81. The molecule has 0 radical (unpaired) electrons. The first-order chi connectivity index (χ1) is 8.67. The first-order valence-electron chi connectivity index (χ1n) is 7.45. The van der Waals surface area contributed by atoms with E-state index >= 15 is 0 Å². The second-order valence-corrected chi connectivity index (χ2v) is 6.26. The fraction of sp³-hybridized carbons (Fsp3) is 1.00. The molecular weight excluding hydrogens is 228 g/mol. The summed E-state index contributed by atoms with van der Waals surface area (Å²) in [5.41, 5.74) is 0. The van der Waals surface area contributed by atoms with E-state index in [1.807, 2.05) is 0 Å². The lowest BCUT2D eigenvalue weighted by atomic mass is 9.88. The number of nitrogens with one attached hydrogen (secondary N) is 1. The monoisotopic (exact) mass is 254 g/mol. The SMILES string of the molecule is CC1CN(C2CCC3(CC2)OCCO3)CC(C)N1. The molecule has 4 nitrogen and oxygen atoms in total. The average Bonchev–Trinajstić information content (AvgIpc) is 2.77. The lowest BCUT2D eigenvalue weighted by Gasteiger charge is -2.45. The van der Waals surface area contributed by atoms with Gasteiger partial charge in [-0.05, 0) is 26.7 Å². The van der Waals surface area contributed by atoms with Crippen molar-refractivity contribution in [2.75, 3.05) is 26.3 Å². The molecule has 1 spiro atoms. The third-order valence-electron chi connectivity index (χ3n) is 4.63. The summed E-state index contributed by atoms with van der Waals surface area (Å²) in [7, 11) is 0. The molecule has 0 bridgehead atoms. The van der Waals surface area contributed by atoms with Gasteiger partial charge in [0.25, 0.3) is 0 Å². The second-order valence-electron chi connectivity index (χ2n) is 6.26. The number of hydrogen-bond acceptors (Lipinski definition) is 4. The van der Waals surface area contributed by atoms with Crippen LogP contribution < -0.4 is 5.32 Å². The Labute approximate surface area is 110 Å². The van der Waals surface area contributed by atoms with Crippen LogP contribution in [0, 0.1) is 0 Å². The molecule has 2 unspecified atom stereocenters. The Morgan fingerprint density at radius 2 is 1.56 bits per heavy atom. The van der Waals surface area contributed by atoms with E-state index in [0.717, 1.165) is 32.1 Å². The van der Waals surface area contributed by atoms with Gasteiger partial charge in [0.15, 0.2) is 5.79 Å². The minimum absolute atomic E-state index is 0.207. The van der Waals surface area contributed by atoms with Gasteiger partial charge in [-0.15, -0.1) is 0 Å². The summed E-state index contributed by atoms with van der Waals surface area (Å²) >= 11 is 0. The fourth-order valence-corrected chi connectivity index (χ4v) is 3.86. The van der Waals surface area contributed by atoms with Crippen LogP contribution in [0.15, 0.2) is 0 Å². The highest BCUT2D eigenvalue weighted by atomic mass is 16.7. The van der Waals surface area contributed by atoms with Gasteiger partial charge < -0.3 is 14.8 Å². The van der Waals surface area contributed by atoms with Crippen LogP contribution in [0.1, 0.15) is 39.5 Å². The van der Waals surface area contributed by atoms with Gasteiger partial charge >= 0.3 is 0 Å². The lowest BCUT2D eigenvalue weighted by Crippen LogP contribution is -2.58. The van der Waals surface area contributed by atoms with Crippen LogP contribution in [-0.4, -0.2) is 55.1 Å². The predicted molar refractivity (Wildman–Crippen MR) is 70.5 cm³/mol. The van der Waals surface area contributed by atoms with Gasteiger partial charge in [-0.1, -0.05) is 0 Å². The normalized spacial score (nSPS) is 38.3. The first kappa shape index (κ1) is 12.9. The smallest absolute Gasteiger partial charge is 0.168 e. The van der Waals surface area contributed by atoms with Gasteiger partial charge in [0.05, 0.1) is 13.2 Å². The van der Waals surface area contributed by atoms with Crippen LogP contribution in [-0.2, 0) is 9.47 Å². The van der Waals surface area contributed by atoms with E-state index in [1.54, 1.807) is 0 Å². The van der Waals surface area contributed by atoms with Crippen molar-refractivity contribution in [2.24, 2.45) is 0 Å². The summed E-state index contributed by atoms with van der Waals surface area (Å²) in [6, 6.07) is 1.96. The van der Waals surface area contributed by atoms with E-state index in [1.165, 1.54) is 25.9 Å². The second kappa shape index (κ2) is 5.08. The Morgan fingerprint density at radius 3 is 2.11 bits per heavy atom. The molecule has 2 heterocycles. The topological polar surface area (TPSA) is 33.7 Å². The van der Waals surface area contributed by atoms with Gasteiger partial charge in [-0.2, -0.15) is 0 Å². The van der Waals surface area contributed by atoms with Crippen LogP contribution in [0.5, 0.6) is 0 Å². The molecule has 0 amide bonds. The highest BCUT2D eigenvalue weighted by molar-refractivity contribution is 4.91. The Kier molecular flexibility index (Phi) is 3.63. The fourth-order valence-electron chi connectivity index (χ4n) is 3.86. The summed E-state index contributed by atoms with van der Waals surface area (Å²) in [6.07, 6.45) is 4.59. The minimum atomic E-state index is -0.207. The molecule has 18 heavy (non-hydrogen) atoms. The van der Waals surface area contributed by atoms with E-state index in [0.29, 0.717) is 12.1 Å². The van der Waals surface area contributed by atoms with Gasteiger partial charge in [0.2, 0.25) is 0 Å². The maximum Gasteiger partial charge on any atom is 0.168 e. The van der Waals surface area contributed by atoms with E-state index in [4.69, 9.17) is 9.47 Å². The first-order valence-corrected chi connectivity index (χ1v) is 7.45. The van der Waals surface area contributed by atoms with Gasteiger partial charge in [0.1, 0.15) is 0 Å². The molecule has 1 N–H and O–H groups in total. The highest BCUT2D eigenvalue weighted by Crippen LogP contribution is 2.37. The van der Waals surface area contributed by atoms with Crippen molar-refractivity contribution in [1.29, 1.82) is 0 Å². The van der Waals surface area contributed by atoms with Crippen molar-refractivity contribution in [3.05, 3.63) is 0 Å². The summed E-state index contributed by atoms with van der Waals surface area (Å²) < 4.78 is 11.6. The molecule has 2 atom stereocenters. The van der Waals surface area contributed by atoms with Crippen LogP contribution >= 0.6 is 0 Å². The third-order valence-corrected chi connectivity index (χ3v) is 4.63. The molecule has 3 fully saturated rings. The minimum Gasteiger partial charge on any atom is -0.348 e. The molecule has 0 aromatic heterocycles. The number of ether oxygens (including phenoxy) is 2. The van der Waals surface area contributed by atoms with E-state index in [2.05, 4.69) is 24.1 Å². The molecule has 3 rings (SSSR count). The zero-order chi connectivity index (χ0) is 12.6. The average molecular weight is 254 g/mol. The molecule has 104 valence electrons. The van der Waals surface area contributed by atoms with Crippen molar-refractivity contribution in [3.8, 4) is 0 Å². The molecular formula is C14H26N2O2. The zero-order valence-corrected chi connectivity index (χ0v) is 11.7. The molecule has 1 aliphatic carbocycles. The van der Waals surface area contributed by atoms with Crippen molar-refractivity contribution in [1.82, 2.24) is 10.2 Å². The van der Waals surface area contributed by atoms with Crippen molar-refractivity contribution in [2.45, 2.75) is 63.4 Å². The van der Waals surface area contributed by atoms with Gasteiger partial charge in [-0.25, -0.2) is 0 Å². The quantitative estimate of drug-likeness (QED) is 0.766. The maximum absolute atomic E-state index is 5.81. The largest absolute Gasteiger partial charge is 0.348 e. The predicted octanol–water partition coefficient (Wildman–Crippen LogP) is 1.35. The zero-order valence-electron chi connectivity index (χ0n) is 11.7. The summed E-state index contributed by atoms with van der Waals surface area (Å²) in [4.78, 5) is 2.67. The molecule has 2 aliphatic heterocycles. The lowest BCUT2D eigenvalue weighted by molar-refractivity contribution is -0.184. The van der Waals surface area contributed by atoms with Crippen LogP contribution in [0.4, 0.5) is 0 Å². The summed E-state index contributed by atoms with van der Waals surface area (Å²) in [5, 5.41) is 3.61. The highest BCUT2D eigenvalue weighted by Gasteiger charge is 2.42. The van der Waals surface area contributed by atoms with Gasteiger partial charge in [0, 0.05) is 44.1 Å². The molecule has 4 heteroatoms. The molecule has 1 saturated carbocycles. The number of piperazine rings is 1. The molecule has 0 aromatic rings. The third kappa shape index (κ3) is 2.57. The number of hydrogen-bond donors (Lipinski definition) is 1. The van der Waals surface area contributed by atoms with Crippen molar-refractivity contribution in [3.63, 3.8) is 0 Å². The molecule has 3 aliphatic rings. The number of rotatable bonds is 1. The Bertz CT molecular complexity index is 272. The summed E-state index contributed by atoms with van der Waals surface area (Å²) in [6.45, 7) is 8.51. The van der Waals surface area contributed by atoms with E-state index < -0.39 is 0 Å². The standard InChI is InChI=1S/C14H26N2O2/c1-11-9-16(10-12(2)15-11)13-3-5-14(6-4-13)17-7-8-18-14/h11-13,15H,3-10H2,1-2H3. The van der Waals surface area contributed by atoms with Crippen LogP contribution in [0.25, 0.3) is 0 Å². The Balaban J connectivity index is 1.55. The van der Waals surface area contributed by atoms with Crippen LogP contribution in [0.3, 0.4) is 0 Å². The Hall–Kier alpha value is -0.160. The summed E-state index contributed by atoms with van der Waals surface area (Å²) in [5.74, 6) is -0.207. The van der Waals surface area contributed by atoms with Crippen LogP contribution in [0.2, 0.25) is 0 Å². The number of nitrogens with zero attached hydrogens (tertiary/aromatic N) is 1. The van der Waals surface area contributed by atoms with Gasteiger partial charge in [-0.3, -0.25) is 4.90 Å². The molecule has 2 saturated heterocycles. The van der Waals surface area contributed by atoms with Crippen molar-refractivity contribution < 1.29 is 9.47 Å².